The van der Waals surface area contributed by atoms with E-state index in [-0.39, 0.29) is 0 Å². The lowest BCUT2D eigenvalue weighted by Crippen LogP contribution is -2.11. The van der Waals surface area contributed by atoms with Crippen LogP contribution in [0.25, 0.3) is 0 Å². The van der Waals surface area contributed by atoms with Crippen LogP contribution in [0.15, 0.2) is 24.3 Å². The van der Waals surface area contributed by atoms with E-state index in [0.29, 0.717) is 5.56 Å². The maximum atomic E-state index is 10.4. The zero-order chi connectivity index (χ0) is 9.14. The Labute approximate surface area is 70.8 Å². The second-order valence-corrected chi connectivity index (χ2v) is 2.68. The van der Waals surface area contributed by atoms with Gasteiger partial charge in [0.2, 0.25) is 0 Å². The molecule has 0 aromatic heterocycles. The van der Waals surface area contributed by atoms with Gasteiger partial charge >= 0.3 is 0 Å². The summed E-state index contributed by atoms with van der Waals surface area (Å²) in [5, 5.41) is 9.15. The molecule has 2 N–H and O–H groups in total. The summed E-state index contributed by atoms with van der Waals surface area (Å²) >= 11 is 0. The zero-order valence-electron chi connectivity index (χ0n) is 6.74. The highest BCUT2D eigenvalue weighted by atomic mass is 16.3. The first kappa shape index (κ1) is 8.74. The van der Waals surface area contributed by atoms with Gasteiger partial charge in [-0.15, -0.1) is 0 Å². The molecule has 0 heterocycles. The SMILES string of the molecule is Cc1ccc(C(O)C([NH])=O)cc1. The predicted molar refractivity (Wildman–Crippen MR) is 44.2 cm³/mol. The third-order valence-electron chi connectivity index (χ3n) is 1.64. The van der Waals surface area contributed by atoms with Crippen LogP contribution in [0.1, 0.15) is 17.2 Å². The topological polar surface area (TPSA) is 61.1 Å². The molecule has 1 unspecified atom stereocenters. The smallest absolute Gasteiger partial charge is 0.271 e. The van der Waals surface area contributed by atoms with Gasteiger partial charge in [-0.05, 0) is 12.5 Å². The first-order valence-electron chi connectivity index (χ1n) is 3.61. The molecule has 0 aliphatic rings. The first-order chi connectivity index (χ1) is 5.61. The number of carbonyl (C=O) groups is 1. The van der Waals surface area contributed by atoms with Crippen molar-refractivity contribution >= 4 is 5.91 Å². The number of rotatable bonds is 2. The van der Waals surface area contributed by atoms with Crippen molar-refractivity contribution in [2.45, 2.75) is 13.0 Å². The van der Waals surface area contributed by atoms with Gasteiger partial charge in [0.25, 0.3) is 5.91 Å². The lowest BCUT2D eigenvalue weighted by atomic mass is 10.1. The second-order valence-electron chi connectivity index (χ2n) is 2.68. The molecule has 0 spiro atoms. The fraction of sp³-hybridized carbons (Fsp3) is 0.222. The third kappa shape index (κ3) is 1.83. The minimum atomic E-state index is -1.30. The molecule has 0 saturated carbocycles. The van der Waals surface area contributed by atoms with Crippen LogP contribution in [0.5, 0.6) is 0 Å². The number of amides is 1. The quantitative estimate of drug-likeness (QED) is 0.704. The summed E-state index contributed by atoms with van der Waals surface area (Å²) in [5.41, 5.74) is 8.22. The number of carbonyl (C=O) groups excluding carboxylic acids is 1. The fourth-order valence-electron chi connectivity index (χ4n) is 0.900. The molecule has 1 rings (SSSR count). The number of benzene rings is 1. The van der Waals surface area contributed by atoms with Crippen LogP contribution in [0.3, 0.4) is 0 Å². The van der Waals surface area contributed by atoms with Gasteiger partial charge in [-0.25, -0.2) is 0 Å². The summed E-state index contributed by atoms with van der Waals surface area (Å²) in [7, 11) is 0. The van der Waals surface area contributed by atoms with Gasteiger partial charge in [0.1, 0.15) is 0 Å². The lowest BCUT2D eigenvalue weighted by molar-refractivity contribution is -0.126. The summed E-state index contributed by atoms with van der Waals surface area (Å²) in [6.07, 6.45) is -1.30. The van der Waals surface area contributed by atoms with E-state index in [2.05, 4.69) is 0 Å². The average Bonchev–Trinajstić information content (AvgIpc) is 2.04. The highest BCUT2D eigenvalue weighted by Gasteiger charge is 2.13. The van der Waals surface area contributed by atoms with Gasteiger partial charge in [0, 0.05) is 0 Å². The predicted octanol–water partition coefficient (Wildman–Crippen LogP) is 0.838. The molecule has 1 aromatic rings. The molecule has 0 aliphatic carbocycles. The maximum Gasteiger partial charge on any atom is 0.271 e. The van der Waals surface area contributed by atoms with Crippen molar-refractivity contribution in [3.63, 3.8) is 0 Å². The maximum absolute atomic E-state index is 10.4. The molecule has 63 valence electrons. The molecule has 0 fully saturated rings. The van der Waals surface area contributed by atoms with E-state index in [1.807, 2.05) is 6.92 Å². The number of nitrogens with one attached hydrogen (secondary N) is 1. The molecule has 1 amide bonds. The highest BCUT2D eigenvalue weighted by Crippen LogP contribution is 2.12. The Morgan fingerprint density at radius 2 is 1.92 bits per heavy atom. The number of aliphatic hydroxyl groups excluding tert-OH is 1. The summed E-state index contributed by atoms with van der Waals surface area (Å²) in [5.74, 6) is -0.973. The zero-order valence-corrected chi connectivity index (χ0v) is 6.74. The molecule has 0 saturated heterocycles. The highest BCUT2D eigenvalue weighted by molar-refractivity contribution is 5.79. The van der Waals surface area contributed by atoms with Gasteiger partial charge in [0.05, 0.1) is 0 Å². The van der Waals surface area contributed by atoms with Crippen molar-refractivity contribution in [2.75, 3.05) is 0 Å². The van der Waals surface area contributed by atoms with E-state index in [1.54, 1.807) is 24.3 Å². The Balaban J connectivity index is 2.89. The van der Waals surface area contributed by atoms with E-state index in [1.165, 1.54) is 0 Å². The molecule has 1 radical (unpaired) electrons. The number of aryl methyl sites for hydroxylation is 1. The van der Waals surface area contributed by atoms with Crippen LogP contribution in [0.2, 0.25) is 0 Å². The Morgan fingerprint density at radius 3 is 2.33 bits per heavy atom. The fourth-order valence-corrected chi connectivity index (χ4v) is 0.900. The van der Waals surface area contributed by atoms with Crippen LogP contribution in [0, 0.1) is 6.92 Å². The standard InChI is InChI=1S/C9H10NO2/c1-6-2-4-7(5-3-6)8(11)9(10)12/h2-5,8,10-11H,1H3. The molecule has 3 nitrogen and oxygen atoms in total. The van der Waals surface area contributed by atoms with Crippen molar-refractivity contribution in [1.29, 1.82) is 0 Å². The summed E-state index contributed by atoms with van der Waals surface area (Å²) in [6, 6.07) is 6.88. The number of hydrogen-bond donors (Lipinski definition) is 1. The first-order valence-corrected chi connectivity index (χ1v) is 3.61. The van der Waals surface area contributed by atoms with E-state index in [9.17, 15) is 4.79 Å². The largest absolute Gasteiger partial charge is 0.378 e. The van der Waals surface area contributed by atoms with Gasteiger partial charge in [-0.1, -0.05) is 29.8 Å². The van der Waals surface area contributed by atoms with Gasteiger partial charge in [-0.3, -0.25) is 10.5 Å². The summed E-state index contributed by atoms with van der Waals surface area (Å²) in [4.78, 5) is 10.4. The number of aliphatic hydroxyl groups is 1. The molecular formula is C9H10NO2. The van der Waals surface area contributed by atoms with Gasteiger partial charge in [-0.2, -0.15) is 0 Å². The Hall–Kier alpha value is -1.35. The molecule has 0 aliphatic heterocycles. The third-order valence-corrected chi connectivity index (χ3v) is 1.64. The monoisotopic (exact) mass is 164 g/mol. The Kier molecular flexibility index (Phi) is 2.45. The van der Waals surface area contributed by atoms with Crippen molar-refractivity contribution in [1.82, 2.24) is 5.73 Å². The van der Waals surface area contributed by atoms with E-state index < -0.39 is 12.0 Å². The van der Waals surface area contributed by atoms with Gasteiger partial charge < -0.3 is 5.11 Å². The Bertz CT molecular complexity index is 279. The Morgan fingerprint density at radius 1 is 1.42 bits per heavy atom. The average molecular weight is 164 g/mol. The molecule has 0 bridgehead atoms. The van der Waals surface area contributed by atoms with E-state index in [4.69, 9.17) is 10.8 Å². The van der Waals surface area contributed by atoms with Gasteiger partial charge in [0.15, 0.2) is 6.10 Å². The van der Waals surface area contributed by atoms with Crippen LogP contribution in [0.4, 0.5) is 0 Å². The van der Waals surface area contributed by atoms with Crippen molar-refractivity contribution in [3.05, 3.63) is 35.4 Å². The summed E-state index contributed by atoms with van der Waals surface area (Å²) < 4.78 is 0. The second kappa shape index (κ2) is 3.36. The molecule has 1 atom stereocenters. The molecule has 3 heteroatoms. The van der Waals surface area contributed by atoms with Crippen molar-refractivity contribution in [2.24, 2.45) is 0 Å². The minimum Gasteiger partial charge on any atom is -0.378 e. The van der Waals surface area contributed by atoms with Crippen molar-refractivity contribution in [3.8, 4) is 0 Å². The minimum absolute atomic E-state index is 0.473. The van der Waals surface area contributed by atoms with Crippen LogP contribution in [-0.4, -0.2) is 11.0 Å². The molecule has 12 heavy (non-hydrogen) atoms. The van der Waals surface area contributed by atoms with Crippen LogP contribution in [-0.2, 0) is 4.79 Å². The molecular weight excluding hydrogens is 154 g/mol. The lowest BCUT2D eigenvalue weighted by Gasteiger charge is -2.05. The van der Waals surface area contributed by atoms with E-state index >= 15 is 0 Å². The number of hydrogen-bond acceptors (Lipinski definition) is 2. The normalized spacial score (nSPS) is 12.5. The van der Waals surface area contributed by atoms with Crippen LogP contribution >= 0.6 is 0 Å². The van der Waals surface area contributed by atoms with E-state index in [0.717, 1.165) is 5.56 Å². The van der Waals surface area contributed by atoms with Crippen molar-refractivity contribution < 1.29 is 9.90 Å². The molecule has 1 aromatic carbocycles. The van der Waals surface area contributed by atoms with Crippen LogP contribution < -0.4 is 5.73 Å². The summed E-state index contributed by atoms with van der Waals surface area (Å²) in [6.45, 7) is 1.92.